The predicted octanol–water partition coefficient (Wildman–Crippen LogP) is 1.68. The number of nitro groups is 1. The molecule has 1 atom stereocenters. The number of carbonyl (C=O) groups is 1. The second-order valence-electron chi connectivity index (χ2n) is 8.37. The molecule has 1 unspecified atom stereocenters. The maximum Gasteiger partial charge on any atom is 0.311 e. The predicted molar refractivity (Wildman–Crippen MR) is 127 cm³/mol. The van der Waals surface area contributed by atoms with Crippen molar-refractivity contribution in [2.75, 3.05) is 19.4 Å². The Morgan fingerprint density at radius 1 is 1.39 bits per heavy atom. The maximum atomic E-state index is 13.1. The number of likely N-dealkylation sites (tertiary alicyclic amines) is 1. The van der Waals surface area contributed by atoms with Crippen LogP contribution in [0.2, 0.25) is 0 Å². The van der Waals surface area contributed by atoms with Crippen molar-refractivity contribution in [1.82, 2.24) is 35.6 Å². The molecule has 1 aliphatic heterocycles. The van der Waals surface area contributed by atoms with Crippen LogP contribution >= 0.6 is 0 Å². The van der Waals surface area contributed by atoms with Gasteiger partial charge in [0.1, 0.15) is 0 Å². The number of rotatable bonds is 8. The number of hydrogen-bond donors (Lipinski definition) is 2. The van der Waals surface area contributed by atoms with Gasteiger partial charge < -0.3 is 10.5 Å². The molecule has 15 nitrogen and oxygen atoms in total. The van der Waals surface area contributed by atoms with Crippen LogP contribution in [-0.2, 0) is 6.54 Å². The molecule has 1 saturated heterocycles. The minimum atomic E-state index is -0.613. The molecule has 0 spiro atoms. The third-order valence-corrected chi connectivity index (χ3v) is 6.09. The number of nitrogens with one attached hydrogen (secondary N) is 1. The molecule has 15 heteroatoms. The van der Waals surface area contributed by atoms with Gasteiger partial charge in [-0.2, -0.15) is 9.78 Å². The average molecular weight is 499 g/mol. The number of anilines is 1. The number of benzene rings is 1. The fraction of sp³-hybridized carbons (Fsp3) is 0.429. The summed E-state index contributed by atoms with van der Waals surface area (Å²) in [6, 6.07) is 4.70. The third kappa shape index (κ3) is 5.00. The average Bonchev–Trinajstić information content (AvgIpc) is 3.48. The third-order valence-electron chi connectivity index (χ3n) is 6.09. The zero-order valence-electron chi connectivity index (χ0n) is 20.0. The smallest absolute Gasteiger partial charge is 0.311 e. The van der Waals surface area contributed by atoms with E-state index >= 15 is 0 Å². The molecule has 0 saturated carbocycles. The summed E-state index contributed by atoms with van der Waals surface area (Å²) >= 11 is 0. The highest BCUT2D eigenvalue weighted by molar-refractivity contribution is 6.01. The van der Waals surface area contributed by atoms with Gasteiger partial charge in [0.2, 0.25) is 11.6 Å². The Hall–Kier alpha value is -4.40. The summed E-state index contributed by atoms with van der Waals surface area (Å²) in [5, 5.41) is 30.9. The van der Waals surface area contributed by atoms with Crippen molar-refractivity contribution < 1.29 is 19.1 Å². The molecule has 1 aliphatic rings. The number of hydrogen-bond acceptors (Lipinski definition) is 12. The molecule has 0 aliphatic carbocycles. The number of hydrazone groups is 1. The molecule has 36 heavy (non-hydrogen) atoms. The summed E-state index contributed by atoms with van der Waals surface area (Å²) in [6.07, 6.45) is 3.22. The van der Waals surface area contributed by atoms with Gasteiger partial charge >= 0.3 is 5.69 Å². The van der Waals surface area contributed by atoms with E-state index in [1.807, 2.05) is 0 Å². The van der Waals surface area contributed by atoms with Gasteiger partial charge in [-0.3, -0.25) is 19.8 Å². The summed E-state index contributed by atoms with van der Waals surface area (Å²) in [5.41, 5.74) is 9.38. The number of carbonyl (C=O) groups excluding carboxylic acids is 1. The second-order valence-corrected chi connectivity index (χ2v) is 8.37. The van der Waals surface area contributed by atoms with E-state index in [9.17, 15) is 14.9 Å². The van der Waals surface area contributed by atoms with Gasteiger partial charge in [-0.25, -0.2) is 10.1 Å². The second kappa shape index (κ2) is 10.5. The Bertz CT molecular complexity index is 1300. The standard InChI is InChI=1S/C21H26N10O5/c1-12-6-4-5-9-29(12)11-16-18(24-28-30(16)20-19(22)26-36-27-20)21(32)25-23-13(2)14-7-8-17(35-3)15(10-14)31(33)34/h7-8,10,12H,4-6,9,11H2,1-3H3,(H2,22,26)(H,25,32). The molecule has 1 amide bonds. The van der Waals surface area contributed by atoms with Gasteiger partial charge in [-0.1, -0.05) is 11.6 Å². The minimum absolute atomic E-state index is 0.00904. The van der Waals surface area contributed by atoms with Crippen LogP contribution in [0.3, 0.4) is 0 Å². The lowest BCUT2D eigenvalue weighted by Crippen LogP contribution is -2.38. The van der Waals surface area contributed by atoms with Gasteiger partial charge in [0.15, 0.2) is 11.4 Å². The van der Waals surface area contributed by atoms with Gasteiger partial charge in [0.25, 0.3) is 5.91 Å². The van der Waals surface area contributed by atoms with E-state index in [2.05, 4.69) is 43.0 Å². The number of piperidine rings is 1. The van der Waals surface area contributed by atoms with Crippen LogP contribution in [0.15, 0.2) is 27.9 Å². The number of nitro benzene ring substituents is 1. The number of nitrogen functional groups attached to an aromatic ring is 1. The van der Waals surface area contributed by atoms with Crippen LogP contribution < -0.4 is 15.9 Å². The van der Waals surface area contributed by atoms with Crippen molar-refractivity contribution in [3.63, 3.8) is 0 Å². The van der Waals surface area contributed by atoms with Crippen molar-refractivity contribution in [1.29, 1.82) is 0 Å². The molecule has 3 heterocycles. The first-order valence-corrected chi connectivity index (χ1v) is 11.2. The first kappa shape index (κ1) is 24.7. The van der Waals surface area contributed by atoms with E-state index in [1.54, 1.807) is 13.0 Å². The van der Waals surface area contributed by atoms with Crippen molar-refractivity contribution in [3.05, 3.63) is 45.3 Å². The monoisotopic (exact) mass is 498 g/mol. The van der Waals surface area contributed by atoms with E-state index < -0.39 is 10.8 Å². The molecule has 3 aromatic rings. The Morgan fingerprint density at radius 2 is 2.19 bits per heavy atom. The van der Waals surface area contributed by atoms with E-state index in [-0.39, 0.29) is 28.8 Å². The van der Waals surface area contributed by atoms with Gasteiger partial charge in [-0.15, -0.1) is 5.10 Å². The molecular weight excluding hydrogens is 472 g/mol. The number of aromatic nitrogens is 5. The molecule has 1 aromatic carbocycles. The Kier molecular flexibility index (Phi) is 7.19. The quantitative estimate of drug-likeness (QED) is 0.261. The summed E-state index contributed by atoms with van der Waals surface area (Å²) in [5.74, 6) is -0.352. The summed E-state index contributed by atoms with van der Waals surface area (Å²) < 4.78 is 11.1. The molecule has 3 N–H and O–H groups in total. The summed E-state index contributed by atoms with van der Waals surface area (Å²) in [4.78, 5) is 26.1. The fourth-order valence-electron chi connectivity index (χ4n) is 4.02. The summed E-state index contributed by atoms with van der Waals surface area (Å²) in [7, 11) is 1.35. The lowest BCUT2D eigenvalue weighted by molar-refractivity contribution is -0.385. The van der Waals surface area contributed by atoms with Gasteiger partial charge in [0, 0.05) is 24.2 Å². The van der Waals surface area contributed by atoms with Crippen molar-refractivity contribution in [2.24, 2.45) is 5.10 Å². The topological polar surface area (TPSA) is 193 Å². The highest BCUT2D eigenvalue weighted by atomic mass is 16.6. The highest BCUT2D eigenvalue weighted by Crippen LogP contribution is 2.28. The molecular formula is C21H26N10O5. The van der Waals surface area contributed by atoms with Gasteiger partial charge in [-0.05, 0) is 55.7 Å². The maximum absolute atomic E-state index is 13.1. The summed E-state index contributed by atoms with van der Waals surface area (Å²) in [6.45, 7) is 4.96. The van der Waals surface area contributed by atoms with Crippen LogP contribution in [0.25, 0.3) is 5.82 Å². The number of nitrogens with two attached hydrogens (primary N) is 1. The minimum Gasteiger partial charge on any atom is -0.490 e. The first-order valence-electron chi connectivity index (χ1n) is 11.2. The zero-order chi connectivity index (χ0) is 25.8. The van der Waals surface area contributed by atoms with Gasteiger partial charge in [0.05, 0.1) is 23.4 Å². The van der Waals surface area contributed by atoms with Crippen LogP contribution in [-0.4, -0.2) is 66.4 Å². The number of methoxy groups -OCH3 is 1. The number of ether oxygens (including phenoxy) is 1. The molecule has 2 aromatic heterocycles. The zero-order valence-corrected chi connectivity index (χ0v) is 20.0. The van der Waals surface area contributed by atoms with Crippen LogP contribution in [0, 0.1) is 10.1 Å². The lowest BCUT2D eigenvalue weighted by atomic mass is 10.0. The first-order chi connectivity index (χ1) is 17.3. The van der Waals surface area contributed by atoms with E-state index in [4.69, 9.17) is 15.1 Å². The number of amides is 1. The van der Waals surface area contributed by atoms with Crippen molar-refractivity contribution in [2.45, 2.75) is 45.7 Å². The van der Waals surface area contributed by atoms with Crippen molar-refractivity contribution in [3.8, 4) is 11.6 Å². The van der Waals surface area contributed by atoms with E-state index in [0.717, 1.165) is 25.8 Å². The molecule has 0 radical (unpaired) electrons. The molecule has 0 bridgehead atoms. The molecule has 190 valence electrons. The Morgan fingerprint density at radius 3 is 2.86 bits per heavy atom. The van der Waals surface area contributed by atoms with E-state index in [1.165, 1.54) is 23.9 Å². The SMILES string of the molecule is COc1ccc(C(C)=NNC(=O)c2nnn(-c3nonc3N)c2CN2CCCCC2C)cc1[N+](=O)[O-]. The van der Waals surface area contributed by atoms with E-state index in [0.29, 0.717) is 29.6 Å². The van der Waals surface area contributed by atoms with Crippen LogP contribution in [0.4, 0.5) is 11.5 Å². The van der Waals surface area contributed by atoms with Crippen LogP contribution in [0.1, 0.15) is 54.9 Å². The highest BCUT2D eigenvalue weighted by Gasteiger charge is 2.28. The van der Waals surface area contributed by atoms with Crippen molar-refractivity contribution >= 4 is 23.1 Å². The normalized spacial score (nSPS) is 16.6. The van der Waals surface area contributed by atoms with Crippen LogP contribution in [0.5, 0.6) is 5.75 Å². The molecule has 1 fully saturated rings. The lowest BCUT2D eigenvalue weighted by Gasteiger charge is -2.33. The Labute approximate surface area is 205 Å². The largest absolute Gasteiger partial charge is 0.490 e. The molecule has 4 rings (SSSR count). The Balaban J connectivity index is 1.61. The fourth-order valence-corrected chi connectivity index (χ4v) is 4.02. The number of nitrogens with zero attached hydrogens (tertiary/aromatic N) is 8.